The van der Waals surface area contributed by atoms with Gasteiger partial charge in [0.25, 0.3) is 0 Å². The molecule has 0 aliphatic rings. The number of nitrogens with one attached hydrogen (secondary N) is 1. The van der Waals surface area contributed by atoms with E-state index in [0.29, 0.717) is 0 Å². The van der Waals surface area contributed by atoms with Crippen LogP contribution in [0, 0.1) is 0 Å². The van der Waals surface area contributed by atoms with Crippen LogP contribution in [0.25, 0.3) is 10.8 Å². The number of alkyl halides is 3. The van der Waals surface area contributed by atoms with Crippen LogP contribution < -0.4 is 5.32 Å². The van der Waals surface area contributed by atoms with E-state index >= 15 is 0 Å². The molecule has 0 bridgehead atoms. The third kappa shape index (κ3) is 4.44. The molecule has 136 valence electrons. The van der Waals surface area contributed by atoms with Crippen LogP contribution in [0.2, 0.25) is 0 Å². The van der Waals surface area contributed by atoms with Gasteiger partial charge in [-0.3, -0.25) is 0 Å². The van der Waals surface area contributed by atoms with Crippen LogP contribution in [-0.2, 0) is 12.6 Å². The van der Waals surface area contributed by atoms with E-state index in [9.17, 15) is 13.2 Å². The van der Waals surface area contributed by atoms with E-state index in [1.165, 1.54) is 0 Å². The Balaban J connectivity index is 2.24. The summed E-state index contributed by atoms with van der Waals surface area (Å²) in [6.45, 7) is -4.77. The Morgan fingerprint density at radius 1 is 1.12 bits per heavy atom. The molecule has 1 nitrogen and oxygen atoms in total. The second kappa shape index (κ2) is 7.92. The summed E-state index contributed by atoms with van der Waals surface area (Å²) in [5, 5.41) is 0.651. The summed E-state index contributed by atoms with van der Waals surface area (Å²) in [7, 11) is 0. The third-order valence-electron chi connectivity index (χ3n) is 3.21. The molecule has 0 saturated heterocycles. The summed E-state index contributed by atoms with van der Waals surface area (Å²) in [5.41, 5.74) is -3.79. The standard InChI is InChI=1S/C22H22F3N/c1-16(20-13-5-10-18-9-2-3-12-21(18)20)26-14-6-8-17-7-4-11-19(15-17)22(23,24)25/h2-5,7,9-13,15-16,26H,6,8,14H2,1H3/t16-/m0/s1/i1D3,2D,3D,4D,5D,6D2,7D,9D,10D,11D,12D,13D,15D,16D. The van der Waals surface area contributed by atoms with Gasteiger partial charge in [-0.15, -0.1) is 0 Å². The number of rotatable bonds is 6. The van der Waals surface area contributed by atoms with Gasteiger partial charge in [-0.25, -0.2) is 0 Å². The molecule has 0 fully saturated rings. The van der Waals surface area contributed by atoms with Gasteiger partial charge < -0.3 is 5.32 Å². The molecule has 1 atom stereocenters. The van der Waals surface area contributed by atoms with E-state index in [-0.39, 0.29) is 0 Å². The smallest absolute Gasteiger partial charge is 0.310 e. The predicted octanol–water partition coefficient (Wildman–Crippen LogP) is 6.14. The van der Waals surface area contributed by atoms with Crippen molar-refractivity contribution in [3.8, 4) is 0 Å². The highest BCUT2D eigenvalue weighted by atomic mass is 19.4. The van der Waals surface area contributed by atoms with Crippen molar-refractivity contribution in [2.75, 3.05) is 6.54 Å². The third-order valence-corrected chi connectivity index (χ3v) is 3.21. The van der Waals surface area contributed by atoms with Crippen LogP contribution in [0.15, 0.2) is 66.5 Å². The Morgan fingerprint density at radius 3 is 2.69 bits per heavy atom. The maximum atomic E-state index is 13.5. The van der Waals surface area contributed by atoms with Crippen LogP contribution in [0.4, 0.5) is 13.2 Å². The fraction of sp³-hybridized carbons (Fsp3) is 0.273. The lowest BCUT2D eigenvalue weighted by Crippen LogP contribution is -2.20. The van der Waals surface area contributed by atoms with Crippen molar-refractivity contribution in [1.29, 1.82) is 0 Å². The lowest BCUT2D eigenvalue weighted by Gasteiger charge is -2.17. The molecule has 0 spiro atoms. The molecule has 0 radical (unpaired) electrons. The predicted molar refractivity (Wildman–Crippen MR) is 100 cm³/mol. The first-order valence-corrected chi connectivity index (χ1v) is 7.23. The van der Waals surface area contributed by atoms with E-state index in [2.05, 4.69) is 5.32 Å². The first kappa shape index (κ1) is 6.68. The summed E-state index contributed by atoms with van der Waals surface area (Å²) in [4.78, 5) is 0. The molecule has 3 aromatic carbocycles. The van der Waals surface area contributed by atoms with Crippen LogP contribution in [0.1, 0.15) is 59.2 Å². The summed E-state index contributed by atoms with van der Waals surface area (Å²) in [6.07, 6.45) is -9.33. The minimum atomic E-state index is -5.29. The summed E-state index contributed by atoms with van der Waals surface area (Å²) in [6, 6.07) is -14.9. The van der Waals surface area contributed by atoms with Gasteiger partial charge in [-0.1, -0.05) is 60.4 Å². The molecule has 0 unspecified atom stereocenters. The van der Waals surface area contributed by atoms with Crippen LogP contribution >= 0.6 is 0 Å². The number of fused-ring (bicyclic) bond motifs is 1. The Labute approximate surface area is 175 Å². The minimum absolute atomic E-state index is 0.663. The molecule has 3 aromatic rings. The fourth-order valence-electron chi connectivity index (χ4n) is 2.04. The summed E-state index contributed by atoms with van der Waals surface area (Å²) >= 11 is 0. The molecule has 0 saturated carbocycles. The lowest BCUT2D eigenvalue weighted by molar-refractivity contribution is -0.137. The van der Waals surface area contributed by atoms with Gasteiger partial charge in [0.15, 0.2) is 0 Å². The average molecular weight is 375 g/mol. The normalized spacial score (nSPS) is 24.7. The molecule has 1 N–H and O–H groups in total. The van der Waals surface area contributed by atoms with Crippen molar-refractivity contribution in [3.05, 3.63) is 83.2 Å². The second-order valence-electron chi connectivity index (χ2n) is 5.01. The molecular weight excluding hydrogens is 335 g/mol. The molecule has 0 aliphatic heterocycles. The van der Waals surface area contributed by atoms with Crippen molar-refractivity contribution >= 4 is 10.8 Å². The lowest BCUT2D eigenvalue weighted by atomic mass is 9.99. The summed E-state index contributed by atoms with van der Waals surface area (Å²) < 4.78 is 178. The monoisotopic (exact) mass is 374 g/mol. The van der Waals surface area contributed by atoms with Crippen LogP contribution in [0.3, 0.4) is 0 Å². The molecule has 0 aromatic heterocycles. The molecule has 0 heterocycles. The van der Waals surface area contributed by atoms with Crippen LogP contribution in [0.5, 0.6) is 0 Å². The highest BCUT2D eigenvalue weighted by Gasteiger charge is 2.30. The largest absolute Gasteiger partial charge is 0.416 e. The molecular formula is C22H22F3N. The Bertz CT molecular complexity index is 1630. The molecule has 3 rings (SSSR count). The zero-order valence-electron chi connectivity index (χ0n) is 30.0. The highest BCUT2D eigenvalue weighted by Crippen LogP contribution is 2.29. The molecule has 0 amide bonds. The number of halogens is 3. The van der Waals surface area contributed by atoms with Crippen molar-refractivity contribution in [1.82, 2.24) is 5.32 Å². The van der Waals surface area contributed by atoms with E-state index in [4.69, 9.17) is 23.3 Å². The molecule has 0 aliphatic carbocycles. The van der Waals surface area contributed by atoms with Gasteiger partial charge in [0.05, 0.1) is 22.0 Å². The van der Waals surface area contributed by atoms with Gasteiger partial charge in [-0.05, 0) is 54.1 Å². The second-order valence-corrected chi connectivity index (χ2v) is 5.01. The van der Waals surface area contributed by atoms with Gasteiger partial charge in [0, 0.05) is 12.9 Å². The number of hydrogen-bond donors (Lipinski definition) is 1. The fourth-order valence-corrected chi connectivity index (χ4v) is 2.04. The first-order valence-electron chi connectivity index (χ1n) is 15.7. The average Bonchev–Trinajstić information content (AvgIpc) is 2.87. The Kier molecular flexibility index (Phi) is 2.03. The zero-order chi connectivity index (χ0) is 33.4. The number of hydrogen-bond acceptors (Lipinski definition) is 1. The molecule has 26 heavy (non-hydrogen) atoms. The van der Waals surface area contributed by atoms with E-state index in [1.807, 2.05) is 0 Å². The van der Waals surface area contributed by atoms with Crippen molar-refractivity contribution < 1.29 is 36.5 Å². The van der Waals surface area contributed by atoms with E-state index in [0.717, 1.165) is 0 Å². The van der Waals surface area contributed by atoms with Crippen LogP contribution in [-0.4, -0.2) is 6.54 Å². The van der Waals surface area contributed by atoms with Gasteiger partial charge in [0.1, 0.15) is 0 Å². The maximum Gasteiger partial charge on any atom is 0.416 e. The quantitative estimate of drug-likeness (QED) is 0.546. The minimum Gasteiger partial charge on any atom is -0.310 e. The summed E-state index contributed by atoms with van der Waals surface area (Å²) in [5.74, 6) is 0. The van der Waals surface area contributed by atoms with Gasteiger partial charge in [0.2, 0.25) is 0 Å². The zero-order valence-corrected chi connectivity index (χ0v) is 13.0. The SMILES string of the molecule is [2H]c1c([2H])c(CC([2H])([2H])CN[C@]([2H])(c2c([2H])c([2H])c([2H])c3c([2H])c([2H])c([2H])c([2H])c23)C([2H])([2H])[2H])c([2H])c(C(F)(F)F)c1[2H]. The van der Waals surface area contributed by atoms with Gasteiger partial charge >= 0.3 is 6.18 Å². The van der Waals surface area contributed by atoms with Crippen molar-refractivity contribution in [2.45, 2.75) is 31.8 Å². The topological polar surface area (TPSA) is 12.0 Å². The van der Waals surface area contributed by atoms with Crippen molar-refractivity contribution in [2.24, 2.45) is 0 Å². The Morgan fingerprint density at radius 2 is 1.88 bits per heavy atom. The Hall–Kier alpha value is -2.33. The molecule has 4 heteroatoms. The van der Waals surface area contributed by atoms with Gasteiger partial charge in [-0.2, -0.15) is 13.2 Å². The highest BCUT2D eigenvalue weighted by molar-refractivity contribution is 5.86. The van der Waals surface area contributed by atoms with E-state index < -0.39 is 132 Å². The first-order chi connectivity index (χ1) is 19.3. The number of benzene rings is 3. The van der Waals surface area contributed by atoms with E-state index in [1.54, 1.807) is 0 Å². The van der Waals surface area contributed by atoms with Crippen molar-refractivity contribution in [3.63, 3.8) is 0 Å². The maximum absolute atomic E-state index is 13.5.